The molecule has 0 heterocycles. The summed E-state index contributed by atoms with van der Waals surface area (Å²) in [5.41, 5.74) is 0. The van der Waals surface area contributed by atoms with Crippen molar-refractivity contribution in [1.82, 2.24) is 10.6 Å². The molecule has 0 aliphatic carbocycles. The molecule has 0 aliphatic heterocycles. The Hall–Kier alpha value is -0.590. The highest BCUT2D eigenvalue weighted by molar-refractivity contribution is 7.85. The molecule has 0 saturated heterocycles. The van der Waals surface area contributed by atoms with Gasteiger partial charge in [0.1, 0.15) is 0 Å². The normalized spacial score (nSPS) is 12.5. The fourth-order valence-corrected chi connectivity index (χ4v) is 1.33. The van der Waals surface area contributed by atoms with Crippen LogP contribution < -0.4 is 10.6 Å². The quantitative estimate of drug-likeness (QED) is 0.419. The predicted molar refractivity (Wildman–Crippen MR) is 61.3 cm³/mol. The summed E-state index contributed by atoms with van der Waals surface area (Å²) in [6, 6.07) is 0.468. The minimum Gasteiger partial charge on any atom is -0.390 e. The molecule has 3 N–H and O–H groups in total. The maximum Gasteiger partial charge on any atom is 0.265 e. The third-order valence-corrected chi connectivity index (χ3v) is 2.35. The lowest BCUT2D eigenvalue weighted by atomic mass is 10.4. The molecule has 0 amide bonds. The first-order valence-electron chi connectivity index (χ1n) is 4.99. The second kappa shape index (κ2) is 7.67. The van der Waals surface area contributed by atoms with E-state index in [9.17, 15) is 8.42 Å². The van der Waals surface area contributed by atoms with Gasteiger partial charge in [-0.25, -0.2) is 0 Å². The van der Waals surface area contributed by atoms with Crippen molar-refractivity contribution in [2.75, 3.05) is 18.8 Å². The summed E-state index contributed by atoms with van der Waals surface area (Å²) in [5, 5.41) is 6.24. The van der Waals surface area contributed by atoms with Gasteiger partial charge in [-0.05, 0) is 12.6 Å². The number of rotatable bonds is 8. The predicted octanol–water partition coefficient (Wildman–Crippen LogP) is 0.366. The molecule has 0 saturated carbocycles. The molecule has 0 aromatic rings. The molecule has 0 unspecified atom stereocenters. The van der Waals surface area contributed by atoms with Gasteiger partial charge in [-0.2, -0.15) is 8.42 Å². The summed E-state index contributed by atoms with van der Waals surface area (Å²) < 4.78 is 29.1. The topological polar surface area (TPSA) is 78.4 Å². The highest BCUT2D eigenvalue weighted by Crippen LogP contribution is 1.88. The van der Waals surface area contributed by atoms with Crippen molar-refractivity contribution < 1.29 is 13.0 Å². The largest absolute Gasteiger partial charge is 0.390 e. The zero-order valence-electron chi connectivity index (χ0n) is 9.23. The first-order chi connectivity index (χ1) is 6.92. The smallest absolute Gasteiger partial charge is 0.265 e. The van der Waals surface area contributed by atoms with E-state index in [1.165, 1.54) is 0 Å². The molecule has 0 fully saturated rings. The Labute approximate surface area is 91.7 Å². The molecule has 0 radical (unpaired) electrons. The maximum absolute atomic E-state index is 10.3. The van der Waals surface area contributed by atoms with Crippen molar-refractivity contribution in [1.29, 1.82) is 0 Å². The Morgan fingerprint density at radius 3 is 2.53 bits per heavy atom. The van der Waals surface area contributed by atoms with Gasteiger partial charge in [0.05, 0.1) is 5.75 Å². The monoisotopic (exact) mass is 236 g/mol. The first kappa shape index (κ1) is 14.4. The molecule has 0 aromatic carbocycles. The zero-order valence-corrected chi connectivity index (χ0v) is 10.0. The number of allylic oxidation sites excluding steroid dienone is 1. The molecule has 0 aliphatic rings. The Morgan fingerprint density at radius 1 is 1.33 bits per heavy atom. The van der Waals surface area contributed by atoms with E-state index < -0.39 is 10.1 Å². The van der Waals surface area contributed by atoms with Crippen LogP contribution in [0, 0.1) is 0 Å². The van der Waals surface area contributed by atoms with E-state index in [4.69, 9.17) is 4.55 Å². The standard InChI is InChI=1S/C9H20N2O3S/c1-9(2)11-7-6-10-5-3-4-8-15(12,13)14/h3,5,9-11H,4,6-8H2,1-2H3,(H,12,13,14)/b5-3+. The molecule has 90 valence electrons. The van der Waals surface area contributed by atoms with Gasteiger partial charge in [0.2, 0.25) is 0 Å². The van der Waals surface area contributed by atoms with Gasteiger partial charge >= 0.3 is 0 Å². The van der Waals surface area contributed by atoms with Crippen LogP contribution in [0.5, 0.6) is 0 Å². The summed E-state index contributed by atoms with van der Waals surface area (Å²) in [5.74, 6) is -0.227. The van der Waals surface area contributed by atoms with Crippen LogP contribution in [0.4, 0.5) is 0 Å². The molecule has 0 spiro atoms. The first-order valence-corrected chi connectivity index (χ1v) is 6.59. The molecular formula is C9H20N2O3S. The Morgan fingerprint density at radius 2 is 2.00 bits per heavy atom. The van der Waals surface area contributed by atoms with E-state index in [1.807, 2.05) is 0 Å². The van der Waals surface area contributed by atoms with Crippen molar-refractivity contribution in [3.8, 4) is 0 Å². The van der Waals surface area contributed by atoms with Crippen LogP contribution in [0.1, 0.15) is 20.3 Å². The molecular weight excluding hydrogens is 216 g/mol. The van der Waals surface area contributed by atoms with E-state index in [1.54, 1.807) is 12.3 Å². The van der Waals surface area contributed by atoms with Gasteiger partial charge in [-0.1, -0.05) is 19.9 Å². The maximum atomic E-state index is 10.3. The Balaban J connectivity index is 3.33. The molecule has 0 atom stereocenters. The van der Waals surface area contributed by atoms with E-state index in [0.717, 1.165) is 13.1 Å². The molecule has 0 aromatic heterocycles. The SMILES string of the molecule is CC(C)NCCN/C=C/CCS(=O)(=O)O. The fraction of sp³-hybridized carbons (Fsp3) is 0.778. The van der Waals surface area contributed by atoms with Crippen molar-refractivity contribution in [3.05, 3.63) is 12.3 Å². The van der Waals surface area contributed by atoms with Crippen LogP contribution in [-0.2, 0) is 10.1 Å². The lowest BCUT2D eigenvalue weighted by Crippen LogP contribution is -2.29. The summed E-state index contributed by atoms with van der Waals surface area (Å²) in [6.45, 7) is 5.80. The van der Waals surface area contributed by atoms with Gasteiger partial charge in [0, 0.05) is 19.1 Å². The third kappa shape index (κ3) is 13.4. The average Bonchev–Trinajstić information content (AvgIpc) is 2.07. The summed E-state index contributed by atoms with van der Waals surface area (Å²) >= 11 is 0. The summed E-state index contributed by atoms with van der Waals surface area (Å²) in [7, 11) is -3.82. The van der Waals surface area contributed by atoms with E-state index in [2.05, 4.69) is 24.5 Å². The Kier molecular flexibility index (Phi) is 7.37. The molecule has 15 heavy (non-hydrogen) atoms. The van der Waals surface area contributed by atoms with E-state index in [0.29, 0.717) is 12.5 Å². The van der Waals surface area contributed by atoms with Crippen molar-refractivity contribution in [2.24, 2.45) is 0 Å². The molecule has 0 rings (SSSR count). The average molecular weight is 236 g/mol. The van der Waals surface area contributed by atoms with E-state index in [-0.39, 0.29) is 5.75 Å². The van der Waals surface area contributed by atoms with Gasteiger partial charge in [0.15, 0.2) is 0 Å². The fourth-order valence-electron chi connectivity index (χ4n) is 0.900. The zero-order chi connectivity index (χ0) is 11.7. The molecule has 5 nitrogen and oxygen atoms in total. The molecule has 6 heteroatoms. The van der Waals surface area contributed by atoms with E-state index >= 15 is 0 Å². The highest BCUT2D eigenvalue weighted by Gasteiger charge is 2.00. The van der Waals surface area contributed by atoms with Crippen LogP contribution in [0.25, 0.3) is 0 Å². The summed E-state index contributed by atoms with van der Waals surface area (Å²) in [4.78, 5) is 0. The van der Waals surface area contributed by atoms with Crippen molar-refractivity contribution in [2.45, 2.75) is 26.3 Å². The van der Waals surface area contributed by atoms with Crippen LogP contribution in [0.2, 0.25) is 0 Å². The van der Waals surface area contributed by atoms with Crippen molar-refractivity contribution in [3.63, 3.8) is 0 Å². The van der Waals surface area contributed by atoms with Gasteiger partial charge in [0.25, 0.3) is 10.1 Å². The second-order valence-corrected chi connectivity index (χ2v) is 5.11. The van der Waals surface area contributed by atoms with Gasteiger partial charge < -0.3 is 10.6 Å². The minimum atomic E-state index is -3.82. The Bertz CT molecular complexity index is 273. The highest BCUT2D eigenvalue weighted by atomic mass is 32.2. The van der Waals surface area contributed by atoms with Crippen LogP contribution in [-0.4, -0.2) is 37.9 Å². The molecule has 0 bridgehead atoms. The van der Waals surface area contributed by atoms with Crippen LogP contribution in [0.3, 0.4) is 0 Å². The van der Waals surface area contributed by atoms with Crippen molar-refractivity contribution >= 4 is 10.1 Å². The number of hydrogen-bond acceptors (Lipinski definition) is 4. The van der Waals surface area contributed by atoms with Gasteiger partial charge in [-0.15, -0.1) is 0 Å². The van der Waals surface area contributed by atoms with Crippen LogP contribution >= 0.6 is 0 Å². The number of nitrogens with one attached hydrogen (secondary N) is 2. The van der Waals surface area contributed by atoms with Crippen LogP contribution in [0.15, 0.2) is 12.3 Å². The minimum absolute atomic E-state index is 0.227. The lowest BCUT2D eigenvalue weighted by Gasteiger charge is -2.06. The summed E-state index contributed by atoms with van der Waals surface area (Å²) in [6.07, 6.45) is 3.71. The second-order valence-electron chi connectivity index (χ2n) is 3.54. The number of hydrogen-bond donors (Lipinski definition) is 3. The lowest BCUT2D eigenvalue weighted by molar-refractivity contribution is 0.483. The van der Waals surface area contributed by atoms with Gasteiger partial charge in [-0.3, -0.25) is 4.55 Å². The third-order valence-electron chi connectivity index (χ3n) is 1.60.